The molecule has 9 heteroatoms. The number of hydrogen-bond acceptors (Lipinski definition) is 9. The van der Waals surface area contributed by atoms with Crippen molar-refractivity contribution in [3.05, 3.63) is 53.6 Å². The van der Waals surface area contributed by atoms with Gasteiger partial charge in [-0.05, 0) is 55.5 Å². The number of thiazole rings is 1. The van der Waals surface area contributed by atoms with Gasteiger partial charge in [-0.15, -0.1) is 11.3 Å². The largest absolute Gasteiger partial charge is 0.396 e. The van der Waals surface area contributed by atoms with E-state index in [0.717, 1.165) is 57.3 Å². The number of guanidine groups is 1. The standard InChI is InChI=1S/C24H29N7OS/c1-31(2)18-7-5-16(6-8-18)28-24-26-12-19(23-29-20-13-25-10-9-21(20)33-23)22(30-24)27-17-4-3-15(11-17)14-32/h5-10,13,15,17,27,32H,3-4,11-12,14H2,1-2H3,(H2,26,28,30). The number of anilines is 2. The molecule has 0 spiro atoms. The minimum Gasteiger partial charge on any atom is -0.396 e. The van der Waals surface area contributed by atoms with Gasteiger partial charge in [-0.2, -0.15) is 0 Å². The second kappa shape index (κ2) is 9.36. The number of aromatic nitrogens is 2. The molecule has 2 aliphatic rings. The molecule has 0 saturated heterocycles. The van der Waals surface area contributed by atoms with Gasteiger partial charge < -0.3 is 26.0 Å². The molecule has 0 radical (unpaired) electrons. The van der Waals surface area contributed by atoms with Crippen LogP contribution in [0.25, 0.3) is 15.8 Å². The Morgan fingerprint density at radius 1 is 1.18 bits per heavy atom. The van der Waals surface area contributed by atoms with E-state index in [1.54, 1.807) is 23.7 Å². The summed E-state index contributed by atoms with van der Waals surface area (Å²) in [6.07, 6.45) is 6.65. The van der Waals surface area contributed by atoms with Gasteiger partial charge in [0.05, 0.1) is 17.4 Å². The lowest BCUT2D eigenvalue weighted by Gasteiger charge is -2.26. The van der Waals surface area contributed by atoms with Crippen LogP contribution in [0.2, 0.25) is 0 Å². The maximum atomic E-state index is 9.56. The molecular formula is C24H29N7OS. The monoisotopic (exact) mass is 463 g/mol. The summed E-state index contributed by atoms with van der Waals surface area (Å²) >= 11 is 1.66. The van der Waals surface area contributed by atoms with E-state index in [4.69, 9.17) is 9.98 Å². The van der Waals surface area contributed by atoms with Crippen LogP contribution in [0.5, 0.6) is 0 Å². The number of nitrogens with zero attached hydrogens (tertiary/aromatic N) is 4. The molecule has 8 nitrogen and oxygen atoms in total. The van der Waals surface area contributed by atoms with Crippen LogP contribution in [0.15, 0.2) is 53.5 Å². The fraction of sp³-hybridized carbons (Fsp3) is 0.375. The van der Waals surface area contributed by atoms with Gasteiger partial charge in [0.2, 0.25) is 5.96 Å². The maximum Gasteiger partial charge on any atom is 0.201 e. The molecule has 0 amide bonds. The molecule has 1 saturated carbocycles. The summed E-state index contributed by atoms with van der Waals surface area (Å²) in [6.45, 7) is 0.774. The lowest BCUT2D eigenvalue weighted by molar-refractivity contribution is 0.228. The van der Waals surface area contributed by atoms with Crippen LogP contribution in [0.3, 0.4) is 0 Å². The lowest BCUT2D eigenvalue weighted by Crippen LogP contribution is -2.42. The van der Waals surface area contributed by atoms with Crippen LogP contribution in [0, 0.1) is 5.92 Å². The summed E-state index contributed by atoms with van der Waals surface area (Å²) in [5, 5.41) is 21.1. The molecule has 3 heterocycles. The Morgan fingerprint density at radius 2 is 2.03 bits per heavy atom. The highest BCUT2D eigenvalue weighted by Gasteiger charge is 2.27. The molecule has 1 fully saturated rings. The first-order valence-electron chi connectivity index (χ1n) is 11.3. The second-order valence-electron chi connectivity index (χ2n) is 8.78. The first-order chi connectivity index (χ1) is 16.1. The summed E-state index contributed by atoms with van der Waals surface area (Å²) in [6, 6.07) is 10.6. The van der Waals surface area contributed by atoms with Gasteiger partial charge >= 0.3 is 0 Å². The van der Waals surface area contributed by atoms with Crippen molar-refractivity contribution in [3.63, 3.8) is 0 Å². The number of hydrogen-bond donors (Lipinski definition) is 4. The fourth-order valence-electron chi connectivity index (χ4n) is 4.30. The number of nitrogens with one attached hydrogen (secondary N) is 3. The fourth-order valence-corrected chi connectivity index (χ4v) is 5.28. The van der Waals surface area contributed by atoms with Crippen LogP contribution in [-0.4, -0.2) is 54.3 Å². The molecule has 2 unspecified atom stereocenters. The van der Waals surface area contributed by atoms with Crippen LogP contribution >= 0.6 is 11.3 Å². The first kappa shape index (κ1) is 21.7. The van der Waals surface area contributed by atoms with Crippen LogP contribution in [0.4, 0.5) is 11.4 Å². The van der Waals surface area contributed by atoms with E-state index in [0.29, 0.717) is 24.5 Å². The number of fused-ring (bicyclic) bond motifs is 1. The quantitative estimate of drug-likeness (QED) is 0.446. The maximum absolute atomic E-state index is 9.56. The summed E-state index contributed by atoms with van der Waals surface area (Å²) < 4.78 is 1.11. The van der Waals surface area contributed by atoms with Crippen molar-refractivity contribution in [3.8, 4) is 0 Å². The predicted molar refractivity (Wildman–Crippen MR) is 136 cm³/mol. The number of aliphatic imine (C=N–C) groups is 1. The van der Waals surface area contributed by atoms with E-state index in [-0.39, 0.29) is 6.61 Å². The highest BCUT2D eigenvalue weighted by Crippen LogP contribution is 2.31. The zero-order valence-electron chi connectivity index (χ0n) is 18.9. The predicted octanol–water partition coefficient (Wildman–Crippen LogP) is 3.25. The van der Waals surface area contributed by atoms with Gasteiger partial charge in [0.1, 0.15) is 16.3 Å². The van der Waals surface area contributed by atoms with E-state index < -0.39 is 0 Å². The number of pyridine rings is 1. The number of rotatable bonds is 6. The van der Waals surface area contributed by atoms with Crippen LogP contribution in [-0.2, 0) is 0 Å². The number of aliphatic hydroxyl groups excluding tert-OH is 1. The van der Waals surface area contributed by atoms with Crippen molar-refractivity contribution in [1.29, 1.82) is 0 Å². The Kier molecular flexibility index (Phi) is 6.15. The van der Waals surface area contributed by atoms with Crippen molar-refractivity contribution >= 4 is 44.5 Å². The third kappa shape index (κ3) is 4.79. The Morgan fingerprint density at radius 3 is 2.76 bits per heavy atom. The zero-order chi connectivity index (χ0) is 22.8. The molecule has 3 aromatic rings. The molecule has 1 aliphatic carbocycles. The van der Waals surface area contributed by atoms with Crippen molar-refractivity contribution < 1.29 is 5.11 Å². The molecule has 2 aromatic heterocycles. The lowest BCUT2D eigenvalue weighted by atomic mass is 10.1. The average molecular weight is 464 g/mol. The first-order valence-corrected chi connectivity index (χ1v) is 12.1. The number of aliphatic hydroxyl groups is 1. The van der Waals surface area contributed by atoms with Crippen molar-refractivity contribution in [2.24, 2.45) is 10.9 Å². The second-order valence-corrected chi connectivity index (χ2v) is 9.81. The smallest absolute Gasteiger partial charge is 0.201 e. The van der Waals surface area contributed by atoms with E-state index >= 15 is 0 Å². The van der Waals surface area contributed by atoms with E-state index in [2.05, 4.69) is 50.1 Å². The van der Waals surface area contributed by atoms with E-state index in [1.165, 1.54) is 0 Å². The molecule has 33 heavy (non-hydrogen) atoms. The molecule has 0 bridgehead atoms. The molecule has 172 valence electrons. The molecule has 1 aromatic carbocycles. The summed E-state index contributed by atoms with van der Waals surface area (Å²) in [5.74, 6) is 2.01. The molecule has 5 rings (SSSR count). The topological polar surface area (TPSA) is 97.7 Å². The Hall–Kier alpha value is -3.17. The SMILES string of the molecule is CN(C)c1ccc(NC2=NCC(c3nc4cnccc4s3)=C(NC3CCC(CO)C3)N2)cc1. The highest BCUT2D eigenvalue weighted by molar-refractivity contribution is 7.19. The Bertz CT molecular complexity index is 1150. The Balaban J connectivity index is 1.39. The minimum absolute atomic E-state index is 0.250. The third-order valence-electron chi connectivity index (χ3n) is 6.18. The Labute approximate surface area is 197 Å². The molecule has 4 N–H and O–H groups in total. The van der Waals surface area contributed by atoms with Crippen molar-refractivity contribution in [2.75, 3.05) is 37.5 Å². The van der Waals surface area contributed by atoms with Crippen molar-refractivity contribution in [1.82, 2.24) is 20.6 Å². The summed E-state index contributed by atoms with van der Waals surface area (Å²) in [4.78, 5) is 15.8. The van der Waals surface area contributed by atoms with Gasteiger partial charge in [-0.25, -0.2) is 9.98 Å². The summed E-state index contributed by atoms with van der Waals surface area (Å²) in [7, 11) is 4.06. The van der Waals surface area contributed by atoms with E-state index in [9.17, 15) is 5.11 Å². The van der Waals surface area contributed by atoms with Gasteiger partial charge in [0.25, 0.3) is 0 Å². The third-order valence-corrected chi connectivity index (χ3v) is 7.28. The zero-order valence-corrected chi connectivity index (χ0v) is 19.7. The highest BCUT2D eigenvalue weighted by atomic mass is 32.1. The van der Waals surface area contributed by atoms with Gasteiger partial charge in [0, 0.05) is 49.9 Å². The van der Waals surface area contributed by atoms with Gasteiger partial charge in [-0.3, -0.25) is 4.98 Å². The van der Waals surface area contributed by atoms with Gasteiger partial charge in [0.15, 0.2) is 0 Å². The van der Waals surface area contributed by atoms with Gasteiger partial charge in [-0.1, -0.05) is 0 Å². The summed E-state index contributed by atoms with van der Waals surface area (Å²) in [5.41, 5.74) is 4.08. The normalized spacial score (nSPS) is 20.5. The van der Waals surface area contributed by atoms with Crippen LogP contribution in [0.1, 0.15) is 24.3 Å². The molecule has 1 aliphatic heterocycles. The molecule has 2 atom stereocenters. The van der Waals surface area contributed by atoms with Crippen LogP contribution < -0.4 is 20.9 Å². The number of benzene rings is 1. The van der Waals surface area contributed by atoms with E-state index in [1.807, 2.05) is 20.2 Å². The van der Waals surface area contributed by atoms with Crippen molar-refractivity contribution in [2.45, 2.75) is 25.3 Å². The molecular weight excluding hydrogens is 434 g/mol. The minimum atomic E-state index is 0.250. The average Bonchev–Trinajstić information content (AvgIpc) is 3.46.